The summed E-state index contributed by atoms with van der Waals surface area (Å²) in [6.07, 6.45) is 1.16. The molecule has 0 fully saturated rings. The van der Waals surface area contributed by atoms with Crippen molar-refractivity contribution in [1.82, 2.24) is 5.32 Å². The van der Waals surface area contributed by atoms with Crippen molar-refractivity contribution in [2.75, 3.05) is 12.3 Å². The Balaban J connectivity index is 1.80. The number of fused-ring (bicyclic) bond motifs is 1. The number of aliphatic hydroxyl groups is 1. The number of sulfone groups is 1. The van der Waals surface area contributed by atoms with Gasteiger partial charge in [0, 0.05) is 17.6 Å². The van der Waals surface area contributed by atoms with Gasteiger partial charge in [0.05, 0.1) is 16.9 Å². The van der Waals surface area contributed by atoms with E-state index in [1.807, 2.05) is 0 Å². The minimum Gasteiger partial charge on any atom is -0.467 e. The van der Waals surface area contributed by atoms with Crippen LogP contribution in [0, 0.1) is 0 Å². The van der Waals surface area contributed by atoms with Gasteiger partial charge in [0.15, 0.2) is 9.84 Å². The predicted octanol–water partition coefficient (Wildman–Crippen LogP) is 2.47. The zero-order chi connectivity index (χ0) is 15.7. The van der Waals surface area contributed by atoms with Gasteiger partial charge in [-0.3, -0.25) is 0 Å². The summed E-state index contributed by atoms with van der Waals surface area (Å²) in [5.41, 5.74) is 0.658. The van der Waals surface area contributed by atoms with Crippen LogP contribution >= 0.6 is 11.6 Å². The molecular formula is C15H16ClNO4S. The number of rotatable bonds is 4. The smallest absolute Gasteiger partial charge is 0.178 e. The van der Waals surface area contributed by atoms with Gasteiger partial charge in [0.2, 0.25) is 0 Å². The Labute approximate surface area is 133 Å². The van der Waals surface area contributed by atoms with Gasteiger partial charge < -0.3 is 14.8 Å². The lowest BCUT2D eigenvalue weighted by Gasteiger charge is -2.27. The fourth-order valence-electron chi connectivity index (χ4n) is 2.66. The molecule has 0 radical (unpaired) electrons. The second kappa shape index (κ2) is 6.04. The quantitative estimate of drug-likeness (QED) is 0.893. The van der Waals surface area contributed by atoms with Crippen molar-refractivity contribution in [3.63, 3.8) is 0 Å². The number of aliphatic hydroxyl groups excluding tert-OH is 1. The van der Waals surface area contributed by atoms with E-state index in [1.54, 1.807) is 30.3 Å². The third-order valence-electron chi connectivity index (χ3n) is 3.79. The van der Waals surface area contributed by atoms with Gasteiger partial charge in [-0.2, -0.15) is 0 Å². The molecule has 3 rings (SSSR count). The molecule has 5 nitrogen and oxygen atoms in total. The van der Waals surface area contributed by atoms with Crippen molar-refractivity contribution in [3.05, 3.63) is 52.9 Å². The Bertz CT molecular complexity index is 758. The summed E-state index contributed by atoms with van der Waals surface area (Å²) in [6.45, 7) is 0.268. The topological polar surface area (TPSA) is 79.5 Å². The van der Waals surface area contributed by atoms with E-state index in [0.717, 1.165) is 0 Å². The van der Waals surface area contributed by atoms with Gasteiger partial charge in [0.25, 0.3) is 0 Å². The molecule has 1 aromatic heterocycles. The molecule has 0 saturated heterocycles. The second-order valence-electron chi connectivity index (χ2n) is 5.28. The summed E-state index contributed by atoms with van der Waals surface area (Å²) in [5.74, 6) is 0.554. The first kappa shape index (κ1) is 15.6. The number of hydrogen-bond acceptors (Lipinski definition) is 5. The van der Waals surface area contributed by atoms with Gasteiger partial charge >= 0.3 is 0 Å². The van der Waals surface area contributed by atoms with Crippen molar-refractivity contribution in [1.29, 1.82) is 0 Å². The monoisotopic (exact) mass is 341 g/mol. The van der Waals surface area contributed by atoms with E-state index in [9.17, 15) is 13.5 Å². The van der Waals surface area contributed by atoms with Crippen LogP contribution in [0.25, 0.3) is 0 Å². The number of nitrogens with one attached hydrogen (secondary N) is 1. The zero-order valence-corrected chi connectivity index (χ0v) is 13.3. The minimum absolute atomic E-state index is 0.0795. The van der Waals surface area contributed by atoms with Crippen molar-refractivity contribution < 1.29 is 17.9 Å². The maximum absolute atomic E-state index is 12.1. The lowest BCUT2D eigenvalue weighted by Crippen LogP contribution is -2.32. The first-order valence-corrected chi connectivity index (χ1v) is 8.97. The normalized spacial score (nSPS) is 21.3. The van der Waals surface area contributed by atoms with Crippen molar-refractivity contribution >= 4 is 21.4 Å². The summed E-state index contributed by atoms with van der Waals surface area (Å²) in [4.78, 5) is 0.313. The first-order chi connectivity index (χ1) is 10.5. The van der Waals surface area contributed by atoms with Crippen LogP contribution in [-0.2, 0) is 9.84 Å². The minimum atomic E-state index is -3.25. The van der Waals surface area contributed by atoms with Crippen LogP contribution < -0.4 is 5.32 Å². The molecule has 0 amide bonds. The van der Waals surface area contributed by atoms with Crippen LogP contribution in [-0.4, -0.2) is 25.8 Å². The SMILES string of the molecule is O=S1(=O)CC[C@@H](NC[C@@H](O)c2ccco2)c2cc(Cl)ccc21. The molecule has 2 N–H and O–H groups in total. The Hall–Kier alpha value is -1.34. The lowest BCUT2D eigenvalue weighted by molar-refractivity contribution is 0.143. The fourth-order valence-corrected chi connectivity index (χ4v) is 4.44. The molecule has 2 heterocycles. The largest absolute Gasteiger partial charge is 0.467 e. The third-order valence-corrected chi connectivity index (χ3v) is 5.84. The van der Waals surface area contributed by atoms with Gasteiger partial charge in [-0.05, 0) is 42.3 Å². The number of hydrogen-bond donors (Lipinski definition) is 2. The number of halogens is 1. The van der Waals surface area contributed by atoms with Crippen LogP contribution in [0.5, 0.6) is 0 Å². The predicted molar refractivity (Wildman–Crippen MR) is 82.5 cm³/mol. The van der Waals surface area contributed by atoms with E-state index >= 15 is 0 Å². The molecular weight excluding hydrogens is 326 g/mol. The van der Waals surface area contributed by atoms with Crippen molar-refractivity contribution in [2.45, 2.75) is 23.5 Å². The molecule has 0 spiro atoms. The van der Waals surface area contributed by atoms with Crippen molar-refractivity contribution in [3.8, 4) is 0 Å². The molecule has 2 aromatic rings. The Morgan fingerprint density at radius 3 is 2.95 bits per heavy atom. The molecule has 22 heavy (non-hydrogen) atoms. The Morgan fingerprint density at radius 2 is 2.23 bits per heavy atom. The molecule has 1 aromatic carbocycles. The van der Waals surface area contributed by atoms with Gasteiger partial charge in [-0.25, -0.2) is 8.42 Å². The van der Waals surface area contributed by atoms with E-state index in [2.05, 4.69) is 5.32 Å². The highest BCUT2D eigenvalue weighted by Crippen LogP contribution is 2.34. The van der Waals surface area contributed by atoms with Crippen LogP contribution in [0.15, 0.2) is 45.9 Å². The molecule has 1 aliphatic rings. The van der Waals surface area contributed by atoms with Gasteiger partial charge in [0.1, 0.15) is 11.9 Å². The van der Waals surface area contributed by atoms with Crippen LogP contribution in [0.3, 0.4) is 0 Å². The average molecular weight is 342 g/mol. The molecule has 2 atom stereocenters. The second-order valence-corrected chi connectivity index (χ2v) is 7.80. The maximum Gasteiger partial charge on any atom is 0.178 e. The Morgan fingerprint density at radius 1 is 1.41 bits per heavy atom. The van der Waals surface area contributed by atoms with Crippen LogP contribution in [0.4, 0.5) is 0 Å². The van der Waals surface area contributed by atoms with Crippen molar-refractivity contribution in [2.24, 2.45) is 0 Å². The molecule has 1 aliphatic heterocycles. The lowest BCUT2D eigenvalue weighted by atomic mass is 10.0. The summed E-state index contributed by atoms with van der Waals surface area (Å²) in [7, 11) is -3.25. The van der Waals surface area contributed by atoms with Crippen LogP contribution in [0.1, 0.15) is 29.9 Å². The molecule has 118 valence electrons. The highest BCUT2D eigenvalue weighted by molar-refractivity contribution is 7.91. The summed E-state index contributed by atoms with van der Waals surface area (Å²) >= 11 is 5.99. The summed E-state index contributed by atoms with van der Waals surface area (Å²) < 4.78 is 29.4. The molecule has 0 unspecified atom stereocenters. The summed E-state index contributed by atoms with van der Waals surface area (Å²) in [6, 6.07) is 8.04. The highest BCUT2D eigenvalue weighted by atomic mass is 35.5. The van der Waals surface area contributed by atoms with Crippen LogP contribution in [0.2, 0.25) is 5.02 Å². The van der Waals surface area contributed by atoms with E-state index in [4.69, 9.17) is 16.0 Å². The molecule has 7 heteroatoms. The maximum atomic E-state index is 12.1. The van der Waals surface area contributed by atoms with E-state index in [1.165, 1.54) is 6.26 Å². The fraction of sp³-hybridized carbons (Fsp3) is 0.333. The number of benzene rings is 1. The molecule has 0 aliphatic carbocycles. The third kappa shape index (κ3) is 3.05. The van der Waals surface area contributed by atoms with E-state index in [0.29, 0.717) is 27.7 Å². The highest BCUT2D eigenvalue weighted by Gasteiger charge is 2.30. The van der Waals surface area contributed by atoms with Gasteiger partial charge in [-0.15, -0.1) is 0 Å². The Kier molecular flexibility index (Phi) is 4.27. The average Bonchev–Trinajstić information content (AvgIpc) is 3.00. The number of furan rings is 1. The first-order valence-electron chi connectivity index (χ1n) is 6.94. The molecule has 0 saturated carbocycles. The standard InChI is InChI=1S/C15H16ClNO4S/c16-10-3-4-15-11(8-10)12(5-7-22(15,19)20)17-9-13(18)14-2-1-6-21-14/h1-4,6,8,12-13,17-18H,5,7,9H2/t12-,13-/m1/s1. The van der Waals surface area contributed by atoms with E-state index in [-0.39, 0.29) is 18.3 Å². The van der Waals surface area contributed by atoms with Gasteiger partial charge in [-0.1, -0.05) is 11.6 Å². The summed E-state index contributed by atoms with van der Waals surface area (Å²) in [5, 5.41) is 13.7. The molecule has 0 bridgehead atoms. The van der Waals surface area contributed by atoms with E-state index < -0.39 is 15.9 Å². The zero-order valence-electron chi connectivity index (χ0n) is 11.7.